The van der Waals surface area contributed by atoms with Crippen LogP contribution in [0.2, 0.25) is 0 Å². The van der Waals surface area contributed by atoms with Crippen LogP contribution in [0.15, 0.2) is 6.20 Å². The number of hydrogen-bond acceptors (Lipinski definition) is 2. The summed E-state index contributed by atoms with van der Waals surface area (Å²) in [6.07, 6.45) is -2.89. The van der Waals surface area contributed by atoms with Crippen molar-refractivity contribution < 1.29 is 18.0 Å². The molecule has 8 heteroatoms. The summed E-state index contributed by atoms with van der Waals surface area (Å²) in [5.41, 5.74) is 1.40. The zero-order valence-electron chi connectivity index (χ0n) is 12.4. The number of alkyl halides is 4. The van der Waals surface area contributed by atoms with Gasteiger partial charge >= 0.3 is 6.18 Å². The van der Waals surface area contributed by atoms with Crippen LogP contribution in [0.5, 0.6) is 0 Å². The molecule has 1 aromatic heterocycles. The Morgan fingerprint density at radius 3 is 2.43 bits per heavy atom. The Hall–Kier alpha value is -1.24. The lowest BCUT2D eigenvalue weighted by atomic mass is 10.0. The molecule has 0 aliphatic rings. The summed E-state index contributed by atoms with van der Waals surface area (Å²) >= 11 is 5.44. The van der Waals surface area contributed by atoms with Crippen LogP contribution >= 0.6 is 11.6 Å². The molecule has 1 atom stereocenters. The van der Waals surface area contributed by atoms with E-state index in [1.54, 1.807) is 13.2 Å². The lowest BCUT2D eigenvalue weighted by molar-refractivity contribution is -0.186. The molecule has 0 unspecified atom stereocenters. The molecule has 1 aromatic rings. The Morgan fingerprint density at radius 1 is 1.43 bits per heavy atom. The van der Waals surface area contributed by atoms with E-state index in [9.17, 15) is 18.0 Å². The third-order valence-electron chi connectivity index (χ3n) is 3.41. The van der Waals surface area contributed by atoms with Crippen LogP contribution in [0.4, 0.5) is 13.2 Å². The maximum atomic E-state index is 12.9. The second kappa shape index (κ2) is 6.68. The molecule has 0 spiro atoms. The molecule has 0 N–H and O–H groups in total. The lowest BCUT2D eigenvalue weighted by Gasteiger charge is -2.30. The maximum Gasteiger partial charge on any atom is 0.408 e. The first-order valence-electron chi connectivity index (χ1n) is 6.52. The summed E-state index contributed by atoms with van der Waals surface area (Å²) in [5, 5.41) is 4.06. The normalized spacial score (nSPS) is 13.6. The van der Waals surface area contributed by atoms with Crippen LogP contribution in [0, 0.1) is 0 Å². The van der Waals surface area contributed by atoms with Crippen molar-refractivity contribution in [1.82, 2.24) is 14.7 Å². The molecular weight excluding hydrogens is 307 g/mol. The zero-order chi connectivity index (χ0) is 16.4. The van der Waals surface area contributed by atoms with E-state index in [0.717, 1.165) is 17.4 Å². The smallest absolute Gasteiger partial charge is 0.324 e. The van der Waals surface area contributed by atoms with Crippen molar-refractivity contribution in [1.29, 1.82) is 0 Å². The van der Waals surface area contributed by atoms with E-state index < -0.39 is 24.0 Å². The van der Waals surface area contributed by atoms with E-state index >= 15 is 0 Å². The number of rotatable bonds is 5. The van der Waals surface area contributed by atoms with Crippen LogP contribution in [-0.4, -0.2) is 38.7 Å². The van der Waals surface area contributed by atoms with Crippen LogP contribution in [0.25, 0.3) is 0 Å². The Balaban J connectivity index is 3.14. The largest absolute Gasteiger partial charge is 0.408 e. The molecular formula is C13H19ClF3N3O. The highest BCUT2D eigenvalue weighted by atomic mass is 35.5. The Kier molecular flexibility index (Phi) is 5.67. The van der Waals surface area contributed by atoms with Crippen LogP contribution < -0.4 is 0 Å². The van der Waals surface area contributed by atoms with Crippen molar-refractivity contribution in [2.45, 2.75) is 45.5 Å². The summed E-state index contributed by atoms with van der Waals surface area (Å²) in [4.78, 5) is 12.5. The molecule has 4 nitrogen and oxygen atoms in total. The van der Waals surface area contributed by atoms with Crippen molar-refractivity contribution in [3.63, 3.8) is 0 Å². The van der Waals surface area contributed by atoms with Crippen LogP contribution in [-0.2, 0) is 18.4 Å². The molecule has 0 fully saturated rings. The van der Waals surface area contributed by atoms with Gasteiger partial charge in [-0.3, -0.25) is 9.48 Å². The number of aromatic nitrogens is 2. The quantitative estimate of drug-likeness (QED) is 0.780. The molecule has 0 aliphatic heterocycles. The second-order valence-electron chi connectivity index (χ2n) is 5.20. The van der Waals surface area contributed by atoms with Crippen LogP contribution in [0.1, 0.15) is 37.9 Å². The fraction of sp³-hybridized carbons (Fsp3) is 0.692. The molecule has 1 amide bonds. The van der Waals surface area contributed by atoms with Crippen molar-refractivity contribution in [2.75, 3.05) is 5.88 Å². The number of aryl methyl sites for hydroxylation is 1. The Bertz CT molecular complexity index is 499. The van der Waals surface area contributed by atoms with Gasteiger partial charge < -0.3 is 4.90 Å². The molecule has 0 saturated carbocycles. The van der Waals surface area contributed by atoms with Crippen molar-refractivity contribution >= 4 is 17.5 Å². The first-order valence-corrected chi connectivity index (χ1v) is 7.06. The van der Waals surface area contributed by atoms with Gasteiger partial charge in [0.15, 0.2) is 0 Å². The predicted molar refractivity (Wildman–Crippen MR) is 74.1 cm³/mol. The Labute approximate surface area is 126 Å². The molecule has 0 aromatic carbocycles. The van der Waals surface area contributed by atoms with E-state index in [2.05, 4.69) is 5.10 Å². The van der Waals surface area contributed by atoms with Crippen LogP contribution in [0.3, 0.4) is 0 Å². The van der Waals surface area contributed by atoms with Gasteiger partial charge in [-0.2, -0.15) is 18.3 Å². The summed E-state index contributed by atoms with van der Waals surface area (Å²) < 4.78 is 40.3. The molecule has 1 rings (SSSR count). The fourth-order valence-electron chi connectivity index (χ4n) is 2.01. The van der Waals surface area contributed by atoms with Gasteiger partial charge in [0.05, 0.1) is 18.4 Å². The number of amides is 1. The minimum atomic E-state index is -4.50. The number of halogens is 4. The van der Waals surface area contributed by atoms with Gasteiger partial charge in [0.2, 0.25) is 5.91 Å². The number of hydrogen-bond donors (Lipinski definition) is 0. The lowest BCUT2D eigenvalue weighted by Crippen LogP contribution is -2.47. The van der Waals surface area contributed by atoms with E-state index in [1.165, 1.54) is 4.68 Å². The first-order chi connectivity index (χ1) is 9.59. The topological polar surface area (TPSA) is 38.1 Å². The van der Waals surface area contributed by atoms with Gasteiger partial charge in [0, 0.05) is 7.05 Å². The monoisotopic (exact) mass is 325 g/mol. The van der Waals surface area contributed by atoms with Gasteiger partial charge in [-0.1, -0.05) is 13.8 Å². The zero-order valence-corrected chi connectivity index (χ0v) is 13.2. The first kappa shape index (κ1) is 17.8. The third kappa shape index (κ3) is 4.12. The standard InChI is InChI=1S/C13H19ClF3N3O/c1-8(2)10-6-18-19(4)11(10)7-20(12(21)5-14)9(3)13(15,16)17/h6,8-9H,5,7H2,1-4H3/t9-/m0/s1. The minimum Gasteiger partial charge on any atom is -0.324 e. The van der Waals surface area contributed by atoms with E-state index in [4.69, 9.17) is 11.6 Å². The van der Waals surface area contributed by atoms with Gasteiger partial charge in [-0.25, -0.2) is 0 Å². The number of nitrogens with zero attached hydrogens (tertiary/aromatic N) is 3. The highest BCUT2D eigenvalue weighted by Gasteiger charge is 2.42. The SMILES string of the molecule is CC(C)c1cnn(C)c1CN(C(=O)CCl)[C@@H](C)C(F)(F)F. The summed E-state index contributed by atoms with van der Waals surface area (Å²) in [6.45, 7) is 4.62. The highest BCUT2D eigenvalue weighted by molar-refractivity contribution is 6.27. The third-order valence-corrected chi connectivity index (χ3v) is 3.64. The van der Waals surface area contributed by atoms with E-state index in [-0.39, 0.29) is 12.5 Å². The molecule has 120 valence electrons. The summed E-state index contributed by atoms with van der Waals surface area (Å²) in [5.74, 6) is -1.14. The van der Waals surface area contributed by atoms with Crippen molar-refractivity contribution in [3.05, 3.63) is 17.5 Å². The Morgan fingerprint density at radius 2 is 2.00 bits per heavy atom. The maximum absolute atomic E-state index is 12.9. The summed E-state index contributed by atoms with van der Waals surface area (Å²) in [6, 6.07) is -1.90. The predicted octanol–water partition coefficient (Wildman–Crippen LogP) is 3.06. The van der Waals surface area contributed by atoms with E-state index in [0.29, 0.717) is 5.69 Å². The van der Waals surface area contributed by atoms with Gasteiger partial charge in [0.25, 0.3) is 0 Å². The molecule has 0 aliphatic carbocycles. The fourth-order valence-corrected chi connectivity index (χ4v) is 2.17. The van der Waals surface area contributed by atoms with Gasteiger partial charge in [0.1, 0.15) is 11.9 Å². The van der Waals surface area contributed by atoms with E-state index in [1.807, 2.05) is 13.8 Å². The van der Waals surface area contributed by atoms with Crippen molar-refractivity contribution in [3.8, 4) is 0 Å². The minimum absolute atomic E-state index is 0.0999. The second-order valence-corrected chi connectivity index (χ2v) is 5.47. The molecule has 21 heavy (non-hydrogen) atoms. The van der Waals surface area contributed by atoms with Gasteiger partial charge in [-0.15, -0.1) is 11.6 Å². The van der Waals surface area contributed by atoms with Gasteiger partial charge in [-0.05, 0) is 18.4 Å². The highest BCUT2D eigenvalue weighted by Crippen LogP contribution is 2.28. The molecule has 1 heterocycles. The molecule has 0 radical (unpaired) electrons. The average molecular weight is 326 g/mol. The molecule has 0 saturated heterocycles. The number of carbonyl (C=O) groups excluding carboxylic acids is 1. The average Bonchev–Trinajstić information content (AvgIpc) is 2.74. The van der Waals surface area contributed by atoms with Crippen molar-refractivity contribution in [2.24, 2.45) is 7.05 Å². The summed E-state index contributed by atoms with van der Waals surface area (Å²) in [7, 11) is 1.64. The molecule has 0 bridgehead atoms. The number of carbonyl (C=O) groups is 1.